The molecule has 1 amide bonds. The zero-order valence-corrected chi connectivity index (χ0v) is 15.8. The third-order valence-electron chi connectivity index (χ3n) is 3.95. The summed E-state index contributed by atoms with van der Waals surface area (Å²) in [5.74, 6) is 0.525. The van der Waals surface area contributed by atoms with Gasteiger partial charge in [-0.25, -0.2) is 0 Å². The molecule has 0 aliphatic rings. The fraction of sp³-hybridized carbons (Fsp3) is 0.136. The van der Waals surface area contributed by atoms with Gasteiger partial charge in [0.15, 0.2) is 12.4 Å². The summed E-state index contributed by atoms with van der Waals surface area (Å²) in [4.78, 5) is 21.0. The number of aromatic nitrogens is 1. The molecule has 3 rings (SSSR count). The molecule has 29 heavy (non-hydrogen) atoms. The van der Waals surface area contributed by atoms with Crippen LogP contribution in [0, 0.1) is 0 Å². The van der Waals surface area contributed by atoms with Crippen molar-refractivity contribution in [2.24, 2.45) is 10.9 Å². The summed E-state index contributed by atoms with van der Waals surface area (Å²) in [6.45, 7) is 0.607. The lowest BCUT2D eigenvalue weighted by atomic mass is 10.2. The topological polar surface area (TPSA) is 98.8 Å². The lowest BCUT2D eigenvalue weighted by Gasteiger charge is -2.08. The highest BCUT2D eigenvalue weighted by Gasteiger charge is 2.05. The Hall–Kier alpha value is -3.87. The Balaban J connectivity index is 1.47. The van der Waals surface area contributed by atoms with Crippen molar-refractivity contribution in [2.45, 2.75) is 13.2 Å². The molecule has 7 heteroatoms. The number of amides is 1. The van der Waals surface area contributed by atoms with Crippen molar-refractivity contribution in [2.75, 3.05) is 6.61 Å². The predicted octanol–water partition coefficient (Wildman–Crippen LogP) is 2.61. The number of nitrogens with one attached hydrogen (secondary N) is 1. The van der Waals surface area contributed by atoms with Crippen LogP contribution in [0.15, 0.2) is 84.3 Å². The van der Waals surface area contributed by atoms with Gasteiger partial charge in [0.2, 0.25) is 0 Å². The molecule has 0 saturated carbocycles. The number of nitrogens with two attached hydrogens (primary N) is 1. The second kappa shape index (κ2) is 10.5. The highest BCUT2D eigenvalue weighted by Crippen LogP contribution is 2.15. The third kappa shape index (κ3) is 6.66. The van der Waals surface area contributed by atoms with Crippen LogP contribution in [-0.4, -0.2) is 23.3 Å². The van der Waals surface area contributed by atoms with Crippen LogP contribution < -0.4 is 15.8 Å². The molecular formula is C22H22N4O3. The van der Waals surface area contributed by atoms with Crippen LogP contribution >= 0.6 is 0 Å². The average Bonchev–Trinajstić information content (AvgIpc) is 2.78. The number of oxime groups is 1. The number of amidine groups is 1. The molecule has 0 unspecified atom stereocenters. The van der Waals surface area contributed by atoms with Crippen molar-refractivity contribution >= 4 is 11.7 Å². The van der Waals surface area contributed by atoms with Gasteiger partial charge < -0.3 is 20.6 Å². The molecule has 0 radical (unpaired) electrons. The molecule has 3 N–H and O–H groups in total. The van der Waals surface area contributed by atoms with E-state index in [0.29, 0.717) is 24.5 Å². The normalized spacial score (nSPS) is 11.0. The number of pyridine rings is 1. The van der Waals surface area contributed by atoms with Gasteiger partial charge in [-0.1, -0.05) is 53.7 Å². The highest BCUT2D eigenvalue weighted by atomic mass is 16.6. The summed E-state index contributed by atoms with van der Waals surface area (Å²) in [6, 6.07) is 20.6. The largest absolute Gasteiger partial charge is 0.489 e. The standard InChI is InChI=1S/C22H22N4O3/c23-22(26-29-16-21(27)25-14-17-6-2-1-3-7-17)19-9-4-10-20(12-19)28-15-18-8-5-11-24-13-18/h1-13H,14-16H2,(H2,23,26)(H,25,27). The van der Waals surface area contributed by atoms with Crippen LogP contribution in [0.1, 0.15) is 16.7 Å². The van der Waals surface area contributed by atoms with Crippen LogP contribution in [0.5, 0.6) is 5.75 Å². The first kappa shape index (κ1) is 19.9. The molecule has 0 bridgehead atoms. The number of hydrogen-bond acceptors (Lipinski definition) is 5. The van der Waals surface area contributed by atoms with Crippen LogP contribution in [0.3, 0.4) is 0 Å². The van der Waals surface area contributed by atoms with Gasteiger partial charge in [0.05, 0.1) is 0 Å². The molecule has 0 fully saturated rings. The second-order valence-electron chi connectivity index (χ2n) is 6.19. The summed E-state index contributed by atoms with van der Waals surface area (Å²) >= 11 is 0. The molecular weight excluding hydrogens is 368 g/mol. The average molecular weight is 390 g/mol. The van der Waals surface area contributed by atoms with E-state index in [2.05, 4.69) is 15.5 Å². The first-order valence-corrected chi connectivity index (χ1v) is 9.09. The monoisotopic (exact) mass is 390 g/mol. The zero-order valence-electron chi connectivity index (χ0n) is 15.8. The van der Waals surface area contributed by atoms with E-state index in [4.69, 9.17) is 15.3 Å². The first-order valence-electron chi connectivity index (χ1n) is 9.09. The predicted molar refractivity (Wildman–Crippen MR) is 110 cm³/mol. The smallest absolute Gasteiger partial charge is 0.261 e. The minimum Gasteiger partial charge on any atom is -0.489 e. The van der Waals surface area contributed by atoms with Crippen molar-refractivity contribution in [3.05, 3.63) is 95.8 Å². The minimum absolute atomic E-state index is 0.160. The maximum Gasteiger partial charge on any atom is 0.261 e. The van der Waals surface area contributed by atoms with Crippen molar-refractivity contribution in [3.63, 3.8) is 0 Å². The number of nitrogens with zero attached hydrogens (tertiary/aromatic N) is 2. The number of carbonyl (C=O) groups excluding carboxylic acids is 1. The number of carbonyl (C=O) groups is 1. The van der Waals surface area contributed by atoms with Gasteiger partial charge in [-0.05, 0) is 23.8 Å². The Morgan fingerprint density at radius 3 is 2.66 bits per heavy atom. The molecule has 1 aromatic heterocycles. The Labute approximate surface area is 169 Å². The maximum absolute atomic E-state index is 11.8. The molecule has 0 saturated heterocycles. The summed E-state index contributed by atoms with van der Waals surface area (Å²) in [5.41, 5.74) is 8.56. The van der Waals surface area contributed by atoms with E-state index >= 15 is 0 Å². The molecule has 7 nitrogen and oxygen atoms in total. The van der Waals surface area contributed by atoms with E-state index < -0.39 is 0 Å². The van der Waals surface area contributed by atoms with Crippen LogP contribution in [0.4, 0.5) is 0 Å². The maximum atomic E-state index is 11.8. The molecule has 2 aromatic carbocycles. The van der Waals surface area contributed by atoms with Crippen molar-refractivity contribution in [1.29, 1.82) is 0 Å². The Morgan fingerprint density at radius 2 is 1.86 bits per heavy atom. The SMILES string of the molecule is N/C(=N\OCC(=O)NCc1ccccc1)c1cccc(OCc2cccnc2)c1. The number of benzene rings is 2. The first-order chi connectivity index (χ1) is 14.2. The van der Waals surface area contributed by atoms with Gasteiger partial charge >= 0.3 is 0 Å². The van der Waals surface area contributed by atoms with Gasteiger partial charge in [0.1, 0.15) is 12.4 Å². The van der Waals surface area contributed by atoms with E-state index in [0.717, 1.165) is 11.1 Å². The fourth-order valence-electron chi connectivity index (χ4n) is 2.46. The third-order valence-corrected chi connectivity index (χ3v) is 3.95. The van der Waals surface area contributed by atoms with Crippen LogP contribution in [-0.2, 0) is 22.8 Å². The minimum atomic E-state index is -0.279. The van der Waals surface area contributed by atoms with Gasteiger partial charge in [-0.15, -0.1) is 0 Å². The Kier molecular flexibility index (Phi) is 7.17. The number of ether oxygens (including phenoxy) is 1. The molecule has 3 aromatic rings. The van der Waals surface area contributed by atoms with Gasteiger partial charge in [0.25, 0.3) is 5.91 Å². The number of hydrogen-bond donors (Lipinski definition) is 2. The quantitative estimate of drug-likeness (QED) is 0.332. The van der Waals surface area contributed by atoms with Gasteiger partial charge in [0, 0.05) is 30.1 Å². The van der Waals surface area contributed by atoms with Gasteiger partial charge in [-0.3, -0.25) is 9.78 Å². The lowest BCUT2D eigenvalue weighted by Crippen LogP contribution is -2.27. The van der Waals surface area contributed by atoms with E-state index in [1.54, 1.807) is 24.5 Å². The van der Waals surface area contributed by atoms with Crippen molar-refractivity contribution in [3.8, 4) is 5.75 Å². The molecule has 0 spiro atoms. The van der Waals surface area contributed by atoms with E-state index in [1.165, 1.54) is 0 Å². The van der Waals surface area contributed by atoms with Crippen LogP contribution in [0.2, 0.25) is 0 Å². The summed E-state index contributed by atoms with van der Waals surface area (Å²) in [7, 11) is 0. The van der Waals surface area contributed by atoms with E-state index in [9.17, 15) is 4.79 Å². The van der Waals surface area contributed by atoms with E-state index in [1.807, 2.05) is 54.6 Å². The molecule has 0 aliphatic carbocycles. The van der Waals surface area contributed by atoms with E-state index in [-0.39, 0.29) is 18.3 Å². The lowest BCUT2D eigenvalue weighted by molar-refractivity contribution is -0.125. The van der Waals surface area contributed by atoms with Gasteiger partial charge in [-0.2, -0.15) is 0 Å². The summed E-state index contributed by atoms with van der Waals surface area (Å²) in [6.07, 6.45) is 3.46. The summed E-state index contributed by atoms with van der Waals surface area (Å²) < 4.78 is 5.74. The highest BCUT2D eigenvalue weighted by molar-refractivity contribution is 5.97. The molecule has 1 heterocycles. The Bertz CT molecular complexity index is 947. The number of rotatable bonds is 9. The van der Waals surface area contributed by atoms with Crippen LogP contribution in [0.25, 0.3) is 0 Å². The Morgan fingerprint density at radius 1 is 1.03 bits per heavy atom. The molecule has 148 valence electrons. The van der Waals surface area contributed by atoms with Crippen molar-refractivity contribution < 1.29 is 14.4 Å². The second-order valence-corrected chi connectivity index (χ2v) is 6.19. The van der Waals surface area contributed by atoms with Crippen molar-refractivity contribution in [1.82, 2.24) is 10.3 Å². The molecule has 0 aliphatic heterocycles. The fourth-order valence-corrected chi connectivity index (χ4v) is 2.46. The summed E-state index contributed by atoms with van der Waals surface area (Å²) in [5, 5.41) is 6.57. The zero-order chi connectivity index (χ0) is 20.3. The molecule has 0 atom stereocenters.